The molecule has 3 N–H and O–H groups in total. The van der Waals surface area contributed by atoms with E-state index in [-0.39, 0.29) is 17.9 Å². The van der Waals surface area contributed by atoms with Gasteiger partial charge in [-0.15, -0.1) is 0 Å². The molecule has 3 nitrogen and oxygen atoms in total. The lowest BCUT2D eigenvalue weighted by atomic mass is 10.1. The van der Waals surface area contributed by atoms with Crippen LogP contribution in [0.1, 0.15) is 24.8 Å². The van der Waals surface area contributed by atoms with Gasteiger partial charge in [0.1, 0.15) is 5.82 Å². The van der Waals surface area contributed by atoms with Gasteiger partial charge in [-0.25, -0.2) is 4.98 Å². The molecule has 1 aromatic rings. The van der Waals surface area contributed by atoms with Crippen molar-refractivity contribution < 1.29 is 13.2 Å². The van der Waals surface area contributed by atoms with E-state index in [1.807, 2.05) is 0 Å². The van der Waals surface area contributed by atoms with Gasteiger partial charge in [-0.05, 0) is 41.3 Å². The second-order valence-electron chi connectivity index (χ2n) is 4.39. The highest BCUT2D eigenvalue weighted by Crippen LogP contribution is 2.36. The van der Waals surface area contributed by atoms with Crippen LogP contribution in [-0.4, -0.2) is 17.1 Å². The van der Waals surface area contributed by atoms with Gasteiger partial charge in [-0.2, -0.15) is 13.2 Å². The largest absolute Gasteiger partial charge is 0.419 e. The zero-order chi connectivity index (χ0) is 13.3. The molecule has 1 fully saturated rings. The minimum Gasteiger partial charge on any atom is -0.365 e. The molecule has 0 spiro atoms. The molecule has 0 bridgehead atoms. The van der Waals surface area contributed by atoms with Gasteiger partial charge in [0.25, 0.3) is 0 Å². The highest BCUT2D eigenvalue weighted by atomic mass is 79.9. The number of aromatic nitrogens is 1. The van der Waals surface area contributed by atoms with Gasteiger partial charge in [0.2, 0.25) is 0 Å². The molecule has 2 unspecified atom stereocenters. The van der Waals surface area contributed by atoms with Crippen molar-refractivity contribution in [3.8, 4) is 0 Å². The van der Waals surface area contributed by atoms with Crippen LogP contribution in [0.5, 0.6) is 0 Å². The number of nitrogens with one attached hydrogen (secondary N) is 1. The third kappa shape index (κ3) is 2.95. The van der Waals surface area contributed by atoms with E-state index in [0.717, 1.165) is 25.3 Å². The third-order valence-corrected chi connectivity index (χ3v) is 3.48. The molecule has 0 aromatic carbocycles. The van der Waals surface area contributed by atoms with E-state index in [9.17, 15) is 13.2 Å². The summed E-state index contributed by atoms with van der Waals surface area (Å²) in [4.78, 5) is 3.81. The maximum atomic E-state index is 12.9. The van der Waals surface area contributed by atoms with E-state index in [4.69, 9.17) is 5.73 Å². The number of pyridine rings is 1. The summed E-state index contributed by atoms with van der Waals surface area (Å²) in [5.41, 5.74) is 5.07. The predicted molar refractivity (Wildman–Crippen MR) is 66.2 cm³/mol. The molecule has 1 heterocycles. The lowest BCUT2D eigenvalue weighted by Gasteiger charge is -2.20. The third-order valence-electron chi connectivity index (χ3n) is 3.05. The molecule has 2 rings (SSSR count). The molecule has 0 aliphatic heterocycles. The van der Waals surface area contributed by atoms with Crippen LogP contribution < -0.4 is 11.1 Å². The van der Waals surface area contributed by atoms with Crippen LogP contribution in [0.2, 0.25) is 0 Å². The summed E-state index contributed by atoms with van der Waals surface area (Å²) < 4.78 is 38.9. The fourth-order valence-corrected chi connectivity index (χ4v) is 2.45. The molecular weight excluding hydrogens is 311 g/mol. The van der Waals surface area contributed by atoms with Gasteiger partial charge < -0.3 is 11.1 Å². The quantitative estimate of drug-likeness (QED) is 0.879. The maximum absolute atomic E-state index is 12.9. The summed E-state index contributed by atoms with van der Waals surface area (Å²) in [6, 6.07) is 0.770. The molecule has 1 aliphatic carbocycles. The van der Waals surface area contributed by atoms with Gasteiger partial charge in [-0.1, -0.05) is 0 Å². The second-order valence-corrected chi connectivity index (χ2v) is 5.31. The minimum absolute atomic E-state index is 0.114. The molecule has 7 heteroatoms. The average molecular weight is 324 g/mol. The van der Waals surface area contributed by atoms with Crippen molar-refractivity contribution in [2.75, 3.05) is 5.32 Å². The SMILES string of the molecule is NC1CCCC1Nc1ncc(Br)cc1C(F)(F)F. The summed E-state index contributed by atoms with van der Waals surface area (Å²) in [5, 5.41) is 2.82. The first-order valence-corrected chi connectivity index (χ1v) is 6.42. The Morgan fingerprint density at radius 3 is 2.67 bits per heavy atom. The van der Waals surface area contributed by atoms with Crippen molar-refractivity contribution >= 4 is 21.7 Å². The van der Waals surface area contributed by atoms with Gasteiger partial charge in [0.15, 0.2) is 0 Å². The molecule has 100 valence electrons. The van der Waals surface area contributed by atoms with Crippen LogP contribution in [0.3, 0.4) is 0 Å². The van der Waals surface area contributed by atoms with Crippen LogP contribution in [0.4, 0.5) is 19.0 Å². The number of anilines is 1. The Morgan fingerprint density at radius 1 is 1.39 bits per heavy atom. The summed E-state index contributed by atoms with van der Waals surface area (Å²) in [7, 11) is 0. The molecule has 18 heavy (non-hydrogen) atoms. The molecular formula is C11H13BrF3N3. The van der Waals surface area contributed by atoms with Crippen molar-refractivity contribution in [1.29, 1.82) is 0 Å². The number of nitrogens with two attached hydrogens (primary N) is 1. The number of rotatable bonds is 2. The van der Waals surface area contributed by atoms with Gasteiger partial charge in [0, 0.05) is 22.8 Å². The Hall–Kier alpha value is -0.820. The zero-order valence-corrected chi connectivity index (χ0v) is 11.1. The van der Waals surface area contributed by atoms with Crippen molar-refractivity contribution in [3.63, 3.8) is 0 Å². The van der Waals surface area contributed by atoms with E-state index < -0.39 is 11.7 Å². The van der Waals surface area contributed by atoms with Crippen LogP contribution in [-0.2, 0) is 6.18 Å². The smallest absolute Gasteiger partial charge is 0.365 e. The number of hydrogen-bond donors (Lipinski definition) is 2. The Morgan fingerprint density at radius 2 is 2.11 bits per heavy atom. The van der Waals surface area contributed by atoms with Crippen molar-refractivity contribution in [3.05, 3.63) is 22.3 Å². The standard InChI is InChI=1S/C11H13BrF3N3/c12-6-4-7(11(13,14)15)10(17-5-6)18-9-3-1-2-8(9)16/h4-5,8-9H,1-3,16H2,(H,17,18). The van der Waals surface area contributed by atoms with Gasteiger partial charge >= 0.3 is 6.18 Å². The molecule has 0 radical (unpaired) electrons. The van der Waals surface area contributed by atoms with Gasteiger partial charge in [0.05, 0.1) is 5.56 Å². The normalized spacial score (nSPS) is 24.3. The first-order chi connectivity index (χ1) is 8.38. The summed E-state index contributed by atoms with van der Waals surface area (Å²) in [6.07, 6.45) is -0.553. The Labute approximate surface area is 111 Å². The molecule has 1 saturated carbocycles. The van der Waals surface area contributed by atoms with E-state index in [0.29, 0.717) is 4.47 Å². The Bertz CT molecular complexity index is 436. The fourth-order valence-electron chi connectivity index (χ4n) is 2.11. The molecule has 1 aromatic heterocycles. The topological polar surface area (TPSA) is 50.9 Å². The highest BCUT2D eigenvalue weighted by Gasteiger charge is 2.36. The monoisotopic (exact) mass is 323 g/mol. The molecule has 0 saturated heterocycles. The van der Waals surface area contributed by atoms with Crippen LogP contribution in [0.15, 0.2) is 16.7 Å². The lowest BCUT2D eigenvalue weighted by molar-refractivity contribution is -0.137. The Kier molecular flexibility index (Phi) is 3.82. The summed E-state index contributed by atoms with van der Waals surface area (Å²) in [5.74, 6) is -0.145. The minimum atomic E-state index is -4.43. The molecule has 1 aliphatic rings. The van der Waals surface area contributed by atoms with Crippen LogP contribution in [0.25, 0.3) is 0 Å². The van der Waals surface area contributed by atoms with Crippen LogP contribution >= 0.6 is 15.9 Å². The van der Waals surface area contributed by atoms with Crippen LogP contribution in [0, 0.1) is 0 Å². The highest BCUT2D eigenvalue weighted by molar-refractivity contribution is 9.10. The Balaban J connectivity index is 2.27. The average Bonchev–Trinajstić information content (AvgIpc) is 2.66. The first kappa shape index (κ1) is 13.6. The predicted octanol–water partition coefficient (Wildman–Crippen LogP) is 3.15. The van der Waals surface area contributed by atoms with E-state index in [1.54, 1.807) is 0 Å². The summed E-state index contributed by atoms with van der Waals surface area (Å²) >= 11 is 3.00. The maximum Gasteiger partial charge on any atom is 0.419 e. The fraction of sp³-hybridized carbons (Fsp3) is 0.545. The molecule has 0 amide bonds. The number of nitrogens with zero attached hydrogens (tertiary/aromatic N) is 1. The van der Waals surface area contributed by atoms with Crippen molar-refractivity contribution in [1.82, 2.24) is 4.98 Å². The van der Waals surface area contributed by atoms with Crippen molar-refractivity contribution in [2.45, 2.75) is 37.5 Å². The number of hydrogen-bond acceptors (Lipinski definition) is 3. The number of halogens is 4. The van der Waals surface area contributed by atoms with E-state index >= 15 is 0 Å². The van der Waals surface area contributed by atoms with Gasteiger partial charge in [-0.3, -0.25) is 0 Å². The first-order valence-electron chi connectivity index (χ1n) is 5.63. The number of alkyl halides is 3. The molecule has 2 atom stereocenters. The van der Waals surface area contributed by atoms with E-state index in [1.165, 1.54) is 6.20 Å². The second kappa shape index (κ2) is 5.05. The lowest BCUT2D eigenvalue weighted by Crippen LogP contribution is -2.36. The van der Waals surface area contributed by atoms with Crippen molar-refractivity contribution in [2.24, 2.45) is 5.73 Å². The zero-order valence-electron chi connectivity index (χ0n) is 9.47. The summed E-state index contributed by atoms with van der Waals surface area (Å²) in [6.45, 7) is 0. The van der Waals surface area contributed by atoms with E-state index in [2.05, 4.69) is 26.2 Å².